The van der Waals surface area contributed by atoms with Gasteiger partial charge in [-0.05, 0) is 68.0 Å². The molecule has 0 aliphatic carbocycles. The van der Waals surface area contributed by atoms with Crippen molar-refractivity contribution in [3.05, 3.63) is 33.4 Å². The molecular formula is C14H21IN2O. The summed E-state index contributed by atoms with van der Waals surface area (Å²) in [4.78, 5) is 11.8. The van der Waals surface area contributed by atoms with Crippen molar-refractivity contribution >= 4 is 28.5 Å². The molecule has 1 amide bonds. The van der Waals surface area contributed by atoms with Crippen LogP contribution in [0.25, 0.3) is 0 Å². The monoisotopic (exact) mass is 360 g/mol. The molecule has 3 nitrogen and oxygen atoms in total. The minimum absolute atomic E-state index is 0.0439. The largest absolute Gasteiger partial charge is 0.353 e. The van der Waals surface area contributed by atoms with Crippen LogP contribution in [0.15, 0.2) is 24.3 Å². The van der Waals surface area contributed by atoms with Gasteiger partial charge in [-0.15, -0.1) is 0 Å². The zero-order valence-corrected chi connectivity index (χ0v) is 13.5. The lowest BCUT2D eigenvalue weighted by molar-refractivity contribution is -0.123. The first-order chi connectivity index (χ1) is 8.40. The predicted octanol–water partition coefficient (Wildman–Crippen LogP) is 2.85. The normalized spacial score (nSPS) is 14.3. The minimum atomic E-state index is -0.193. The van der Waals surface area contributed by atoms with Crippen LogP contribution in [0.1, 0.15) is 39.3 Å². The average molecular weight is 360 g/mol. The summed E-state index contributed by atoms with van der Waals surface area (Å²) in [6, 6.07) is 8.48. The first-order valence-corrected chi connectivity index (χ1v) is 7.30. The second-order valence-electron chi connectivity index (χ2n) is 4.82. The van der Waals surface area contributed by atoms with Crippen molar-refractivity contribution in [1.82, 2.24) is 10.6 Å². The zero-order valence-electron chi connectivity index (χ0n) is 11.3. The average Bonchev–Trinajstić information content (AvgIpc) is 2.28. The molecular weight excluding hydrogens is 339 g/mol. The van der Waals surface area contributed by atoms with Crippen LogP contribution in [-0.2, 0) is 4.79 Å². The summed E-state index contributed by atoms with van der Waals surface area (Å²) in [5, 5.41) is 6.21. The smallest absolute Gasteiger partial charge is 0.237 e. The fraction of sp³-hybridized carbons (Fsp3) is 0.500. The van der Waals surface area contributed by atoms with Crippen molar-refractivity contribution in [2.24, 2.45) is 0 Å². The molecule has 0 aliphatic heterocycles. The molecule has 4 heteroatoms. The molecule has 2 unspecified atom stereocenters. The number of halogens is 1. The Morgan fingerprint density at radius 2 is 1.67 bits per heavy atom. The zero-order chi connectivity index (χ0) is 13.7. The van der Waals surface area contributed by atoms with Gasteiger partial charge in [0.15, 0.2) is 0 Å². The number of rotatable bonds is 5. The number of nitrogens with one attached hydrogen (secondary N) is 2. The van der Waals surface area contributed by atoms with Gasteiger partial charge in [0.2, 0.25) is 5.91 Å². The van der Waals surface area contributed by atoms with Gasteiger partial charge in [-0.25, -0.2) is 0 Å². The van der Waals surface area contributed by atoms with Gasteiger partial charge in [0.25, 0.3) is 0 Å². The van der Waals surface area contributed by atoms with Crippen LogP contribution < -0.4 is 10.6 Å². The van der Waals surface area contributed by atoms with Crippen LogP contribution in [-0.4, -0.2) is 18.0 Å². The van der Waals surface area contributed by atoms with E-state index in [1.54, 1.807) is 0 Å². The number of hydrogen-bond donors (Lipinski definition) is 2. The number of benzene rings is 1. The van der Waals surface area contributed by atoms with Crippen molar-refractivity contribution in [3.63, 3.8) is 0 Å². The lowest BCUT2D eigenvalue weighted by atomic mass is 10.1. The molecule has 0 heterocycles. The van der Waals surface area contributed by atoms with Crippen molar-refractivity contribution in [2.75, 3.05) is 0 Å². The molecule has 0 bridgehead atoms. The molecule has 0 saturated heterocycles. The van der Waals surface area contributed by atoms with E-state index < -0.39 is 0 Å². The summed E-state index contributed by atoms with van der Waals surface area (Å²) >= 11 is 2.28. The lowest BCUT2D eigenvalue weighted by Crippen LogP contribution is -2.45. The number of carbonyl (C=O) groups excluding carboxylic acids is 1. The van der Waals surface area contributed by atoms with Gasteiger partial charge in [0.05, 0.1) is 6.04 Å². The Morgan fingerprint density at radius 1 is 1.11 bits per heavy atom. The highest BCUT2D eigenvalue weighted by Gasteiger charge is 2.16. The third kappa shape index (κ3) is 4.94. The van der Waals surface area contributed by atoms with E-state index in [1.165, 1.54) is 9.13 Å². The highest BCUT2D eigenvalue weighted by atomic mass is 127. The topological polar surface area (TPSA) is 41.1 Å². The van der Waals surface area contributed by atoms with Gasteiger partial charge in [0, 0.05) is 15.7 Å². The minimum Gasteiger partial charge on any atom is -0.353 e. The fourth-order valence-electron chi connectivity index (χ4n) is 1.71. The quantitative estimate of drug-likeness (QED) is 0.793. The van der Waals surface area contributed by atoms with Crippen molar-refractivity contribution in [1.29, 1.82) is 0 Å². The fourth-order valence-corrected chi connectivity index (χ4v) is 2.07. The van der Waals surface area contributed by atoms with Crippen LogP contribution in [0, 0.1) is 3.57 Å². The van der Waals surface area contributed by atoms with E-state index in [2.05, 4.69) is 64.4 Å². The summed E-state index contributed by atoms with van der Waals surface area (Å²) in [7, 11) is 0. The summed E-state index contributed by atoms with van der Waals surface area (Å²) in [5.41, 5.74) is 1.19. The van der Waals surface area contributed by atoms with Crippen molar-refractivity contribution in [2.45, 2.75) is 45.8 Å². The molecule has 0 radical (unpaired) electrons. The van der Waals surface area contributed by atoms with E-state index in [0.717, 1.165) is 0 Å². The molecule has 2 atom stereocenters. The Kier molecular flexibility index (Phi) is 6.08. The van der Waals surface area contributed by atoms with Crippen LogP contribution in [0.2, 0.25) is 0 Å². The highest BCUT2D eigenvalue weighted by molar-refractivity contribution is 14.1. The molecule has 0 spiro atoms. The number of hydrogen-bond acceptors (Lipinski definition) is 2. The molecule has 1 aromatic rings. The molecule has 0 fully saturated rings. The van der Waals surface area contributed by atoms with Gasteiger partial charge in [-0.2, -0.15) is 0 Å². The van der Waals surface area contributed by atoms with E-state index in [9.17, 15) is 4.79 Å². The van der Waals surface area contributed by atoms with Crippen LogP contribution in [0.4, 0.5) is 0 Å². The van der Waals surface area contributed by atoms with Crippen LogP contribution in [0.5, 0.6) is 0 Å². The SMILES string of the molecule is CC(C)NC(=O)C(C)NC(C)c1ccc(I)cc1. The van der Waals surface area contributed by atoms with Gasteiger partial charge in [-0.1, -0.05) is 12.1 Å². The highest BCUT2D eigenvalue weighted by Crippen LogP contribution is 2.15. The second kappa shape index (κ2) is 7.09. The maximum absolute atomic E-state index is 11.8. The van der Waals surface area contributed by atoms with Gasteiger partial charge in [-0.3, -0.25) is 10.1 Å². The summed E-state index contributed by atoms with van der Waals surface area (Å²) in [5.74, 6) is 0.0439. The summed E-state index contributed by atoms with van der Waals surface area (Å²) < 4.78 is 1.22. The van der Waals surface area contributed by atoms with Crippen LogP contribution in [0.3, 0.4) is 0 Å². The lowest BCUT2D eigenvalue weighted by Gasteiger charge is -2.21. The standard InChI is InChI=1S/C14H21IN2O/c1-9(2)16-14(18)11(4)17-10(3)12-5-7-13(15)8-6-12/h5-11,17H,1-4H3,(H,16,18). The van der Waals surface area contributed by atoms with Gasteiger partial charge < -0.3 is 5.32 Å². The third-order valence-corrected chi connectivity index (χ3v) is 3.41. The summed E-state index contributed by atoms with van der Waals surface area (Å²) in [6.07, 6.45) is 0. The first kappa shape index (κ1) is 15.4. The Balaban J connectivity index is 2.56. The number of amides is 1. The molecule has 1 aromatic carbocycles. The Morgan fingerprint density at radius 3 is 2.17 bits per heavy atom. The van der Waals surface area contributed by atoms with E-state index >= 15 is 0 Å². The maximum atomic E-state index is 11.8. The summed E-state index contributed by atoms with van der Waals surface area (Å²) in [6.45, 7) is 7.89. The Labute approximate surface area is 123 Å². The van der Waals surface area contributed by atoms with Crippen molar-refractivity contribution < 1.29 is 4.79 Å². The van der Waals surface area contributed by atoms with E-state index in [-0.39, 0.29) is 24.0 Å². The van der Waals surface area contributed by atoms with Crippen LogP contribution >= 0.6 is 22.6 Å². The van der Waals surface area contributed by atoms with E-state index in [1.807, 2.05) is 20.8 Å². The van der Waals surface area contributed by atoms with Crippen molar-refractivity contribution in [3.8, 4) is 0 Å². The first-order valence-electron chi connectivity index (χ1n) is 6.22. The Hall–Kier alpha value is -0.620. The molecule has 1 rings (SSSR count). The maximum Gasteiger partial charge on any atom is 0.237 e. The molecule has 0 aromatic heterocycles. The third-order valence-electron chi connectivity index (χ3n) is 2.69. The van der Waals surface area contributed by atoms with E-state index in [0.29, 0.717) is 0 Å². The number of carbonyl (C=O) groups is 1. The molecule has 100 valence electrons. The van der Waals surface area contributed by atoms with Gasteiger partial charge in [0.1, 0.15) is 0 Å². The second-order valence-corrected chi connectivity index (χ2v) is 6.07. The molecule has 2 N–H and O–H groups in total. The van der Waals surface area contributed by atoms with Gasteiger partial charge >= 0.3 is 0 Å². The molecule has 18 heavy (non-hydrogen) atoms. The molecule has 0 saturated carbocycles. The Bertz CT molecular complexity index is 389. The van der Waals surface area contributed by atoms with E-state index in [4.69, 9.17) is 0 Å². The predicted molar refractivity (Wildman–Crippen MR) is 83.5 cm³/mol. The molecule has 0 aliphatic rings.